The van der Waals surface area contributed by atoms with Gasteiger partial charge in [-0.1, -0.05) is 0 Å². The molecule has 0 fully saturated rings. The Morgan fingerprint density at radius 3 is 2.64 bits per heavy atom. The van der Waals surface area contributed by atoms with Crippen LogP contribution in [0.15, 0.2) is 29.6 Å². The lowest BCUT2D eigenvalue weighted by Crippen LogP contribution is -2.29. The number of hydrogen-bond donors (Lipinski definition) is 1. The van der Waals surface area contributed by atoms with Gasteiger partial charge in [-0.25, -0.2) is 8.78 Å². The molecule has 0 aliphatic heterocycles. The monoisotopic (exact) mass is 366 g/mol. The number of amides is 2. The van der Waals surface area contributed by atoms with Crippen molar-refractivity contribution in [3.8, 4) is 0 Å². The van der Waals surface area contributed by atoms with Gasteiger partial charge in [0.05, 0.1) is 12.1 Å². The Hall–Kier alpha value is -2.28. The molecule has 25 heavy (non-hydrogen) atoms. The van der Waals surface area contributed by atoms with Crippen molar-refractivity contribution in [2.24, 2.45) is 0 Å². The molecule has 0 aliphatic carbocycles. The van der Waals surface area contributed by atoms with E-state index < -0.39 is 17.5 Å². The fraction of sp³-hybridized carbons (Fsp3) is 0.333. The van der Waals surface area contributed by atoms with Gasteiger partial charge in [0.1, 0.15) is 11.6 Å². The first-order valence-corrected chi connectivity index (χ1v) is 8.76. The first-order valence-electron chi connectivity index (χ1n) is 7.88. The van der Waals surface area contributed by atoms with E-state index in [1.165, 1.54) is 5.56 Å². The number of aryl methyl sites for hydroxylation is 1. The van der Waals surface area contributed by atoms with Crippen LogP contribution < -0.4 is 5.32 Å². The van der Waals surface area contributed by atoms with Gasteiger partial charge < -0.3 is 10.2 Å². The number of hydrogen-bond acceptors (Lipinski definition) is 3. The van der Waals surface area contributed by atoms with E-state index in [-0.39, 0.29) is 24.4 Å². The summed E-state index contributed by atoms with van der Waals surface area (Å²) >= 11 is 1.61. The van der Waals surface area contributed by atoms with Crippen molar-refractivity contribution in [1.29, 1.82) is 0 Å². The summed E-state index contributed by atoms with van der Waals surface area (Å²) in [5, 5.41) is 4.53. The van der Waals surface area contributed by atoms with Crippen LogP contribution >= 0.6 is 11.3 Å². The molecule has 0 saturated carbocycles. The first kappa shape index (κ1) is 19.1. The number of nitrogens with one attached hydrogen (secondary N) is 1. The molecule has 0 radical (unpaired) electrons. The van der Waals surface area contributed by atoms with Crippen LogP contribution in [0.3, 0.4) is 0 Å². The third-order valence-corrected chi connectivity index (χ3v) is 4.81. The number of benzene rings is 1. The van der Waals surface area contributed by atoms with Crippen molar-refractivity contribution in [2.75, 3.05) is 13.6 Å². The minimum atomic E-state index is -0.903. The highest BCUT2D eigenvalue weighted by Crippen LogP contribution is 2.17. The Balaban J connectivity index is 1.74. The fourth-order valence-electron chi connectivity index (χ4n) is 2.27. The molecule has 7 heteroatoms. The van der Waals surface area contributed by atoms with Crippen molar-refractivity contribution in [2.45, 2.75) is 26.3 Å². The van der Waals surface area contributed by atoms with Gasteiger partial charge in [0.2, 0.25) is 5.91 Å². The quantitative estimate of drug-likeness (QED) is 0.763. The molecule has 0 aliphatic rings. The summed E-state index contributed by atoms with van der Waals surface area (Å²) in [5.74, 6) is -2.27. The highest BCUT2D eigenvalue weighted by atomic mass is 32.1. The van der Waals surface area contributed by atoms with Crippen LogP contribution in [0.5, 0.6) is 0 Å². The molecule has 2 amide bonds. The van der Waals surface area contributed by atoms with E-state index in [0.29, 0.717) is 19.0 Å². The van der Waals surface area contributed by atoms with Crippen molar-refractivity contribution in [3.63, 3.8) is 0 Å². The third kappa shape index (κ3) is 5.35. The van der Waals surface area contributed by atoms with Gasteiger partial charge >= 0.3 is 0 Å². The zero-order chi connectivity index (χ0) is 18.4. The lowest BCUT2D eigenvalue weighted by Gasteiger charge is -2.17. The number of halogens is 2. The molecule has 0 unspecified atom stereocenters. The van der Waals surface area contributed by atoms with E-state index in [2.05, 4.69) is 5.32 Å². The van der Waals surface area contributed by atoms with Crippen LogP contribution in [0.25, 0.3) is 0 Å². The minimum Gasteiger partial charge on any atom is -0.352 e. The predicted molar refractivity (Wildman–Crippen MR) is 93.5 cm³/mol. The zero-order valence-corrected chi connectivity index (χ0v) is 15.0. The largest absolute Gasteiger partial charge is 0.352 e. The summed E-state index contributed by atoms with van der Waals surface area (Å²) in [6.07, 6.45) is 0.730. The average molecular weight is 366 g/mol. The SMILES string of the molecule is Cc1ccsc1CN(C)C(=O)CCCNC(=O)c1ccc(F)cc1F. The molecule has 1 aromatic carbocycles. The Morgan fingerprint density at radius 1 is 1.24 bits per heavy atom. The highest BCUT2D eigenvalue weighted by molar-refractivity contribution is 7.10. The fourth-order valence-corrected chi connectivity index (χ4v) is 3.23. The van der Waals surface area contributed by atoms with E-state index in [1.54, 1.807) is 23.3 Å². The second-order valence-electron chi connectivity index (χ2n) is 5.76. The van der Waals surface area contributed by atoms with Gasteiger partial charge in [-0.2, -0.15) is 0 Å². The summed E-state index contributed by atoms with van der Waals surface area (Å²) in [6.45, 7) is 2.82. The maximum absolute atomic E-state index is 13.5. The lowest BCUT2D eigenvalue weighted by molar-refractivity contribution is -0.130. The minimum absolute atomic E-state index is 0.0185. The predicted octanol–water partition coefficient (Wildman–Crippen LogP) is 3.50. The molecule has 2 rings (SSSR count). The summed E-state index contributed by atoms with van der Waals surface area (Å²) < 4.78 is 26.3. The summed E-state index contributed by atoms with van der Waals surface area (Å²) in [4.78, 5) is 26.7. The number of carbonyl (C=O) groups excluding carboxylic acids is 2. The Labute approximate surface area is 149 Å². The first-order chi connectivity index (χ1) is 11.9. The van der Waals surface area contributed by atoms with Crippen LogP contribution in [-0.4, -0.2) is 30.3 Å². The van der Waals surface area contributed by atoms with Crippen molar-refractivity contribution < 1.29 is 18.4 Å². The maximum Gasteiger partial charge on any atom is 0.254 e. The topological polar surface area (TPSA) is 49.4 Å². The molecule has 2 aromatic rings. The van der Waals surface area contributed by atoms with E-state index in [0.717, 1.165) is 17.0 Å². The second kappa shape index (κ2) is 8.71. The molecule has 0 atom stereocenters. The molecular weight excluding hydrogens is 346 g/mol. The molecule has 1 aromatic heterocycles. The second-order valence-corrected chi connectivity index (χ2v) is 6.76. The van der Waals surface area contributed by atoms with Gasteiger partial charge in [0.25, 0.3) is 5.91 Å². The molecular formula is C18H20F2N2O2S. The van der Waals surface area contributed by atoms with Crippen LogP contribution in [-0.2, 0) is 11.3 Å². The summed E-state index contributed by atoms with van der Waals surface area (Å²) in [5.41, 5.74) is 0.955. The van der Waals surface area contributed by atoms with Crippen LogP contribution in [0, 0.1) is 18.6 Å². The Bertz CT molecular complexity index is 761. The number of carbonyl (C=O) groups is 2. The van der Waals surface area contributed by atoms with Crippen LogP contribution in [0.4, 0.5) is 8.78 Å². The number of thiophene rings is 1. The standard InChI is InChI=1S/C18H20F2N2O2S/c1-12-7-9-25-16(12)11-22(2)17(23)4-3-8-21-18(24)14-6-5-13(19)10-15(14)20/h5-7,9-10H,3-4,8,11H2,1-2H3,(H,21,24). The number of rotatable bonds is 7. The average Bonchev–Trinajstić information content (AvgIpc) is 2.96. The van der Waals surface area contributed by atoms with Gasteiger partial charge in [-0.05, 0) is 42.5 Å². The van der Waals surface area contributed by atoms with Crippen molar-refractivity contribution >= 4 is 23.2 Å². The number of nitrogens with zero attached hydrogens (tertiary/aromatic N) is 1. The van der Waals surface area contributed by atoms with Crippen LogP contribution in [0.2, 0.25) is 0 Å². The maximum atomic E-state index is 13.5. The smallest absolute Gasteiger partial charge is 0.254 e. The normalized spacial score (nSPS) is 10.6. The van der Waals surface area contributed by atoms with E-state index >= 15 is 0 Å². The highest BCUT2D eigenvalue weighted by Gasteiger charge is 2.13. The van der Waals surface area contributed by atoms with Gasteiger partial charge in [0, 0.05) is 31.0 Å². The molecule has 1 N–H and O–H groups in total. The molecule has 1 heterocycles. The summed E-state index contributed by atoms with van der Waals surface area (Å²) in [6, 6.07) is 4.81. The molecule has 0 bridgehead atoms. The van der Waals surface area contributed by atoms with Crippen molar-refractivity contribution in [1.82, 2.24) is 10.2 Å². The Morgan fingerprint density at radius 2 is 2.00 bits per heavy atom. The molecule has 4 nitrogen and oxygen atoms in total. The lowest BCUT2D eigenvalue weighted by atomic mass is 10.2. The molecule has 134 valence electrons. The van der Waals surface area contributed by atoms with E-state index in [9.17, 15) is 18.4 Å². The Kier molecular flexibility index (Phi) is 6.64. The van der Waals surface area contributed by atoms with E-state index in [4.69, 9.17) is 0 Å². The van der Waals surface area contributed by atoms with Gasteiger partial charge in [-0.15, -0.1) is 11.3 Å². The van der Waals surface area contributed by atoms with Gasteiger partial charge in [0.15, 0.2) is 0 Å². The third-order valence-electron chi connectivity index (χ3n) is 3.80. The molecule has 0 saturated heterocycles. The zero-order valence-electron chi connectivity index (χ0n) is 14.1. The van der Waals surface area contributed by atoms with E-state index in [1.807, 2.05) is 18.4 Å². The molecule has 0 spiro atoms. The van der Waals surface area contributed by atoms with Crippen LogP contribution in [0.1, 0.15) is 33.6 Å². The van der Waals surface area contributed by atoms with Crippen molar-refractivity contribution in [3.05, 3.63) is 57.3 Å². The summed E-state index contributed by atoms with van der Waals surface area (Å²) in [7, 11) is 1.74. The van der Waals surface area contributed by atoms with Gasteiger partial charge in [-0.3, -0.25) is 9.59 Å².